The van der Waals surface area contributed by atoms with Gasteiger partial charge < -0.3 is 10.3 Å². The number of hydrogen-bond donors (Lipinski definition) is 1. The molecule has 1 saturated carbocycles. The summed E-state index contributed by atoms with van der Waals surface area (Å²) in [6.07, 6.45) is 7.70. The largest absolute Gasteiger partial charge is 0.382 e. The second kappa shape index (κ2) is 3.01. The van der Waals surface area contributed by atoms with Crippen molar-refractivity contribution in [1.29, 1.82) is 0 Å². The van der Waals surface area contributed by atoms with Gasteiger partial charge in [0.05, 0.1) is 5.69 Å². The first-order chi connectivity index (χ1) is 6.86. The zero-order chi connectivity index (χ0) is 9.54. The van der Waals surface area contributed by atoms with E-state index in [1.165, 1.54) is 43.6 Å². The van der Waals surface area contributed by atoms with Crippen LogP contribution in [-0.4, -0.2) is 9.55 Å². The number of rotatable bonds is 1. The fourth-order valence-electron chi connectivity index (χ4n) is 2.58. The summed E-state index contributed by atoms with van der Waals surface area (Å²) in [6.45, 7) is 1.14. The van der Waals surface area contributed by atoms with E-state index in [1.54, 1.807) is 0 Å². The third-order valence-electron chi connectivity index (χ3n) is 3.65. The predicted molar refractivity (Wildman–Crippen MR) is 56.2 cm³/mol. The van der Waals surface area contributed by atoms with Crippen molar-refractivity contribution in [2.75, 3.05) is 5.73 Å². The summed E-state index contributed by atoms with van der Waals surface area (Å²) in [6, 6.07) is 0. The molecule has 1 aliphatic carbocycles. The quantitative estimate of drug-likeness (QED) is 0.738. The summed E-state index contributed by atoms with van der Waals surface area (Å²) in [5.74, 6) is 2.79. The number of aromatic nitrogens is 2. The molecule has 0 aromatic carbocycles. The number of fused-ring (bicyclic) bond motifs is 1. The van der Waals surface area contributed by atoms with E-state index in [0.717, 1.165) is 18.8 Å². The zero-order valence-electron chi connectivity index (χ0n) is 8.50. The maximum Gasteiger partial charge on any atom is 0.145 e. The molecule has 2 heterocycles. The summed E-state index contributed by atoms with van der Waals surface area (Å²) >= 11 is 0. The van der Waals surface area contributed by atoms with Gasteiger partial charge in [0.25, 0.3) is 0 Å². The van der Waals surface area contributed by atoms with Crippen LogP contribution in [0.2, 0.25) is 0 Å². The van der Waals surface area contributed by atoms with Crippen molar-refractivity contribution < 1.29 is 0 Å². The van der Waals surface area contributed by atoms with Crippen LogP contribution in [0, 0.1) is 0 Å². The van der Waals surface area contributed by atoms with E-state index in [2.05, 4.69) is 9.55 Å². The molecule has 0 bridgehead atoms. The summed E-state index contributed by atoms with van der Waals surface area (Å²) < 4.78 is 2.39. The molecule has 14 heavy (non-hydrogen) atoms. The Morgan fingerprint density at radius 3 is 2.79 bits per heavy atom. The first-order valence-corrected chi connectivity index (χ1v) is 5.71. The normalized spacial score (nSPS) is 21.7. The highest BCUT2D eigenvalue weighted by molar-refractivity contribution is 5.39. The smallest absolute Gasteiger partial charge is 0.145 e. The minimum atomic E-state index is 0.712. The van der Waals surface area contributed by atoms with Crippen molar-refractivity contribution in [3.8, 4) is 0 Å². The van der Waals surface area contributed by atoms with Crippen molar-refractivity contribution in [3.05, 3.63) is 11.5 Å². The number of nitrogens with two attached hydrogens (primary N) is 1. The molecule has 1 aromatic rings. The predicted octanol–water partition coefficient (Wildman–Crippen LogP) is 2.07. The molecule has 0 spiro atoms. The summed E-state index contributed by atoms with van der Waals surface area (Å²) in [4.78, 5) is 4.56. The minimum Gasteiger partial charge on any atom is -0.382 e. The molecule has 1 fully saturated rings. The van der Waals surface area contributed by atoms with Crippen molar-refractivity contribution in [2.45, 2.75) is 51.0 Å². The number of imidazole rings is 1. The van der Waals surface area contributed by atoms with Crippen LogP contribution in [0.15, 0.2) is 0 Å². The van der Waals surface area contributed by atoms with Gasteiger partial charge in [0, 0.05) is 12.5 Å². The van der Waals surface area contributed by atoms with Crippen LogP contribution in [0.5, 0.6) is 0 Å². The van der Waals surface area contributed by atoms with Gasteiger partial charge in [0.15, 0.2) is 0 Å². The molecule has 1 aromatic heterocycles. The van der Waals surface area contributed by atoms with E-state index in [9.17, 15) is 0 Å². The highest BCUT2D eigenvalue weighted by atomic mass is 15.1. The van der Waals surface area contributed by atoms with Gasteiger partial charge >= 0.3 is 0 Å². The molecule has 2 N–H and O–H groups in total. The van der Waals surface area contributed by atoms with Crippen LogP contribution in [0.25, 0.3) is 0 Å². The molecule has 0 saturated heterocycles. The van der Waals surface area contributed by atoms with Crippen LogP contribution < -0.4 is 5.73 Å². The highest BCUT2D eigenvalue weighted by Crippen LogP contribution is 2.38. The lowest BCUT2D eigenvalue weighted by atomic mass is 9.84. The van der Waals surface area contributed by atoms with E-state index >= 15 is 0 Å². The topological polar surface area (TPSA) is 43.8 Å². The second-order valence-corrected chi connectivity index (χ2v) is 4.54. The maximum atomic E-state index is 5.95. The molecule has 2 aliphatic rings. The van der Waals surface area contributed by atoms with E-state index in [0.29, 0.717) is 5.92 Å². The van der Waals surface area contributed by atoms with Crippen LogP contribution >= 0.6 is 0 Å². The van der Waals surface area contributed by atoms with Gasteiger partial charge in [0.1, 0.15) is 11.6 Å². The second-order valence-electron chi connectivity index (χ2n) is 4.54. The number of anilines is 1. The Balaban J connectivity index is 2.02. The lowest BCUT2D eigenvalue weighted by Gasteiger charge is -2.27. The summed E-state index contributed by atoms with van der Waals surface area (Å²) in [7, 11) is 0. The molecule has 1 aliphatic heterocycles. The van der Waals surface area contributed by atoms with Crippen LogP contribution in [0.4, 0.5) is 5.82 Å². The van der Waals surface area contributed by atoms with E-state index in [-0.39, 0.29) is 0 Å². The molecule has 0 radical (unpaired) electrons. The third kappa shape index (κ3) is 1.08. The third-order valence-corrected chi connectivity index (χ3v) is 3.65. The molecule has 0 atom stereocenters. The Morgan fingerprint density at radius 1 is 1.21 bits per heavy atom. The summed E-state index contributed by atoms with van der Waals surface area (Å²) in [5.41, 5.74) is 7.25. The fraction of sp³-hybridized carbons (Fsp3) is 0.727. The lowest BCUT2D eigenvalue weighted by Crippen LogP contribution is -2.19. The van der Waals surface area contributed by atoms with Crippen LogP contribution in [-0.2, 0) is 13.0 Å². The Labute approximate surface area is 84.3 Å². The molecular weight excluding hydrogens is 174 g/mol. The first-order valence-electron chi connectivity index (χ1n) is 5.71. The molecular formula is C11H17N3. The van der Waals surface area contributed by atoms with Gasteiger partial charge in [-0.2, -0.15) is 0 Å². The average molecular weight is 191 g/mol. The Hall–Kier alpha value is -0.990. The number of hydrogen-bond acceptors (Lipinski definition) is 2. The summed E-state index contributed by atoms with van der Waals surface area (Å²) in [5, 5.41) is 0. The van der Waals surface area contributed by atoms with Crippen LogP contribution in [0.3, 0.4) is 0 Å². The molecule has 76 valence electrons. The van der Waals surface area contributed by atoms with Crippen molar-refractivity contribution in [3.63, 3.8) is 0 Å². The van der Waals surface area contributed by atoms with E-state index < -0.39 is 0 Å². The Kier molecular flexibility index (Phi) is 1.79. The van der Waals surface area contributed by atoms with Gasteiger partial charge in [-0.3, -0.25) is 0 Å². The maximum absolute atomic E-state index is 5.95. The zero-order valence-corrected chi connectivity index (χ0v) is 8.50. The van der Waals surface area contributed by atoms with Crippen molar-refractivity contribution in [2.24, 2.45) is 0 Å². The standard InChI is InChI=1S/C11H17N3/c12-10-9-6-1-2-7-14(9)11(13-10)8-4-3-5-8/h8H,1-7,12H2. The highest BCUT2D eigenvalue weighted by Gasteiger charge is 2.27. The van der Waals surface area contributed by atoms with E-state index in [1.807, 2.05) is 0 Å². The van der Waals surface area contributed by atoms with Crippen molar-refractivity contribution >= 4 is 5.82 Å². The molecule has 3 rings (SSSR count). The molecule has 3 heteroatoms. The Bertz CT molecular complexity index is 350. The van der Waals surface area contributed by atoms with Gasteiger partial charge in [-0.1, -0.05) is 6.42 Å². The average Bonchev–Trinajstić information content (AvgIpc) is 2.43. The van der Waals surface area contributed by atoms with Gasteiger partial charge in [-0.25, -0.2) is 4.98 Å². The Morgan fingerprint density at radius 2 is 2.07 bits per heavy atom. The van der Waals surface area contributed by atoms with Gasteiger partial charge in [-0.05, 0) is 32.1 Å². The van der Waals surface area contributed by atoms with Gasteiger partial charge in [0.2, 0.25) is 0 Å². The fourth-order valence-corrected chi connectivity index (χ4v) is 2.58. The number of nitrogen functional groups attached to an aromatic ring is 1. The van der Waals surface area contributed by atoms with Crippen LogP contribution in [0.1, 0.15) is 49.5 Å². The number of nitrogens with zero attached hydrogens (tertiary/aromatic N) is 2. The first kappa shape index (κ1) is 8.33. The molecule has 0 unspecified atom stereocenters. The molecule has 0 amide bonds. The molecule has 3 nitrogen and oxygen atoms in total. The monoisotopic (exact) mass is 191 g/mol. The lowest BCUT2D eigenvalue weighted by molar-refractivity contribution is 0.376. The van der Waals surface area contributed by atoms with Gasteiger partial charge in [-0.15, -0.1) is 0 Å². The van der Waals surface area contributed by atoms with E-state index in [4.69, 9.17) is 5.73 Å². The SMILES string of the molecule is Nc1nc(C2CCC2)n2c1CCCC2. The van der Waals surface area contributed by atoms with Crippen molar-refractivity contribution in [1.82, 2.24) is 9.55 Å². The minimum absolute atomic E-state index is 0.712.